The molecule has 0 amide bonds. The van der Waals surface area contributed by atoms with Crippen molar-refractivity contribution in [3.8, 4) is 5.75 Å². The van der Waals surface area contributed by atoms with Gasteiger partial charge in [0, 0.05) is 0 Å². The van der Waals surface area contributed by atoms with E-state index in [9.17, 15) is 4.79 Å². The molecule has 0 spiro atoms. The minimum absolute atomic E-state index is 0.00653. The number of carboxylic acid groups (broad SMARTS) is 1. The predicted molar refractivity (Wildman–Crippen MR) is 62.0 cm³/mol. The molecule has 0 aromatic heterocycles. The topological polar surface area (TPSA) is 58.6 Å². The fourth-order valence-corrected chi connectivity index (χ4v) is 1.37. The van der Waals surface area contributed by atoms with E-state index in [1.54, 1.807) is 24.3 Å². The minimum Gasteiger partial charge on any atom is -0.490 e. The Bertz CT molecular complexity index is 352. The van der Waals surface area contributed by atoms with Gasteiger partial charge in [0.15, 0.2) is 0 Å². The highest BCUT2D eigenvalue weighted by molar-refractivity contribution is 5.90. The van der Waals surface area contributed by atoms with E-state index in [4.69, 9.17) is 9.84 Å². The first kappa shape index (κ1) is 12.5. The maximum absolute atomic E-state index is 10.9. The van der Waals surface area contributed by atoms with Crippen LogP contribution in [0.4, 0.5) is 0 Å². The summed E-state index contributed by atoms with van der Waals surface area (Å²) in [6.45, 7) is 2.77. The van der Waals surface area contributed by atoms with Crippen LogP contribution in [-0.2, 0) is 0 Å². The van der Waals surface area contributed by atoms with Crippen molar-refractivity contribution >= 4 is 5.97 Å². The Kier molecular flexibility index (Phi) is 4.79. The Morgan fingerprint density at radius 1 is 1.50 bits per heavy atom. The number of para-hydroxylation sites is 1. The number of hydrogen-bond donors (Lipinski definition) is 2. The predicted octanol–water partition coefficient (Wildman–Crippen LogP) is 1.76. The van der Waals surface area contributed by atoms with Gasteiger partial charge in [-0.15, -0.1) is 0 Å². The number of nitrogens with one attached hydrogen (secondary N) is 1. The first-order valence-corrected chi connectivity index (χ1v) is 5.28. The molecular weight excluding hydrogens is 206 g/mol. The van der Waals surface area contributed by atoms with Crippen molar-refractivity contribution in [2.24, 2.45) is 0 Å². The van der Waals surface area contributed by atoms with Gasteiger partial charge in [-0.05, 0) is 39.1 Å². The minimum atomic E-state index is -0.962. The molecule has 0 heterocycles. The maximum atomic E-state index is 10.9. The second-order valence-corrected chi connectivity index (χ2v) is 3.62. The molecule has 4 heteroatoms. The van der Waals surface area contributed by atoms with Gasteiger partial charge in [0.2, 0.25) is 0 Å². The third-order valence-electron chi connectivity index (χ3n) is 2.25. The van der Waals surface area contributed by atoms with Gasteiger partial charge in [-0.2, -0.15) is 0 Å². The molecule has 1 rings (SSSR count). The summed E-state index contributed by atoms with van der Waals surface area (Å²) < 4.78 is 5.59. The van der Waals surface area contributed by atoms with Crippen molar-refractivity contribution in [1.29, 1.82) is 0 Å². The van der Waals surface area contributed by atoms with Crippen LogP contribution in [0.25, 0.3) is 0 Å². The summed E-state index contributed by atoms with van der Waals surface area (Å²) in [7, 11) is 1.87. The van der Waals surface area contributed by atoms with Crippen LogP contribution in [0.3, 0.4) is 0 Å². The number of rotatable bonds is 6. The molecule has 0 aliphatic heterocycles. The molecule has 0 aliphatic rings. The standard InChI is InChI=1S/C12H17NO3/c1-9(7-8-13-2)16-11-6-4-3-5-10(11)12(14)15/h3-6,9,13H,7-8H2,1-2H3,(H,14,15). The summed E-state index contributed by atoms with van der Waals surface area (Å²) in [6.07, 6.45) is 0.831. The Hall–Kier alpha value is -1.55. The molecule has 0 saturated heterocycles. The molecule has 1 aromatic rings. The average Bonchev–Trinajstić information content (AvgIpc) is 2.27. The molecular formula is C12H17NO3. The Morgan fingerprint density at radius 3 is 2.81 bits per heavy atom. The molecule has 1 unspecified atom stereocenters. The summed E-state index contributed by atoms with van der Waals surface area (Å²) in [6, 6.07) is 6.68. The van der Waals surface area contributed by atoms with E-state index in [1.165, 1.54) is 0 Å². The lowest BCUT2D eigenvalue weighted by molar-refractivity contribution is 0.0689. The molecule has 0 saturated carbocycles. The lowest BCUT2D eigenvalue weighted by Gasteiger charge is -2.15. The van der Waals surface area contributed by atoms with E-state index in [0.29, 0.717) is 5.75 Å². The SMILES string of the molecule is CNCCC(C)Oc1ccccc1C(=O)O. The number of benzene rings is 1. The van der Waals surface area contributed by atoms with Gasteiger partial charge in [-0.25, -0.2) is 4.79 Å². The number of hydrogen-bond acceptors (Lipinski definition) is 3. The molecule has 0 aliphatic carbocycles. The Labute approximate surface area is 95.2 Å². The molecule has 88 valence electrons. The fourth-order valence-electron chi connectivity index (χ4n) is 1.37. The summed E-state index contributed by atoms with van der Waals surface area (Å²) >= 11 is 0. The van der Waals surface area contributed by atoms with Crippen LogP contribution in [0.15, 0.2) is 24.3 Å². The highest BCUT2D eigenvalue weighted by Crippen LogP contribution is 2.19. The lowest BCUT2D eigenvalue weighted by atomic mass is 10.2. The molecule has 16 heavy (non-hydrogen) atoms. The highest BCUT2D eigenvalue weighted by Gasteiger charge is 2.12. The summed E-state index contributed by atoms with van der Waals surface area (Å²) in [4.78, 5) is 10.9. The second kappa shape index (κ2) is 6.12. The van der Waals surface area contributed by atoms with E-state index in [0.717, 1.165) is 13.0 Å². The summed E-state index contributed by atoms with van der Waals surface area (Å²) in [5.41, 5.74) is 0.207. The molecule has 1 atom stereocenters. The zero-order valence-electron chi connectivity index (χ0n) is 9.56. The third kappa shape index (κ3) is 3.55. The smallest absolute Gasteiger partial charge is 0.339 e. The zero-order valence-corrected chi connectivity index (χ0v) is 9.56. The quantitative estimate of drug-likeness (QED) is 0.771. The molecule has 0 bridgehead atoms. The highest BCUT2D eigenvalue weighted by atomic mass is 16.5. The molecule has 0 radical (unpaired) electrons. The monoisotopic (exact) mass is 223 g/mol. The van der Waals surface area contributed by atoms with E-state index < -0.39 is 5.97 Å². The van der Waals surface area contributed by atoms with Gasteiger partial charge in [0.1, 0.15) is 11.3 Å². The normalized spacial score (nSPS) is 12.1. The summed E-state index contributed by atoms with van der Waals surface area (Å²) in [5, 5.41) is 12.0. The van der Waals surface area contributed by atoms with Crippen molar-refractivity contribution in [2.75, 3.05) is 13.6 Å². The van der Waals surface area contributed by atoms with E-state index in [1.807, 2.05) is 14.0 Å². The lowest BCUT2D eigenvalue weighted by Crippen LogP contribution is -2.20. The van der Waals surface area contributed by atoms with Crippen LogP contribution in [0, 0.1) is 0 Å². The molecule has 1 aromatic carbocycles. The van der Waals surface area contributed by atoms with Crippen LogP contribution in [0.5, 0.6) is 5.75 Å². The van der Waals surface area contributed by atoms with Crippen molar-refractivity contribution in [3.05, 3.63) is 29.8 Å². The van der Waals surface area contributed by atoms with Crippen molar-refractivity contribution in [2.45, 2.75) is 19.4 Å². The zero-order chi connectivity index (χ0) is 12.0. The third-order valence-corrected chi connectivity index (χ3v) is 2.25. The van der Waals surface area contributed by atoms with Gasteiger partial charge >= 0.3 is 5.97 Å². The fraction of sp³-hybridized carbons (Fsp3) is 0.417. The maximum Gasteiger partial charge on any atom is 0.339 e. The van der Waals surface area contributed by atoms with Crippen LogP contribution in [-0.4, -0.2) is 30.8 Å². The van der Waals surface area contributed by atoms with E-state index in [-0.39, 0.29) is 11.7 Å². The Morgan fingerprint density at radius 2 is 2.19 bits per heavy atom. The molecule has 2 N–H and O–H groups in total. The van der Waals surface area contributed by atoms with Gasteiger partial charge in [0.25, 0.3) is 0 Å². The summed E-state index contributed by atoms with van der Waals surface area (Å²) in [5.74, 6) is -0.532. The average molecular weight is 223 g/mol. The number of ether oxygens (including phenoxy) is 1. The van der Waals surface area contributed by atoms with Crippen molar-refractivity contribution in [3.63, 3.8) is 0 Å². The largest absolute Gasteiger partial charge is 0.490 e. The second-order valence-electron chi connectivity index (χ2n) is 3.62. The first-order valence-electron chi connectivity index (χ1n) is 5.28. The van der Waals surface area contributed by atoms with Gasteiger partial charge in [-0.3, -0.25) is 0 Å². The number of carbonyl (C=O) groups is 1. The molecule has 0 fully saturated rings. The van der Waals surface area contributed by atoms with Crippen molar-refractivity contribution < 1.29 is 14.6 Å². The van der Waals surface area contributed by atoms with Gasteiger partial charge in [0.05, 0.1) is 6.10 Å². The molecule has 4 nitrogen and oxygen atoms in total. The van der Waals surface area contributed by atoms with Crippen LogP contribution in [0.1, 0.15) is 23.7 Å². The number of carboxylic acids is 1. The van der Waals surface area contributed by atoms with E-state index in [2.05, 4.69) is 5.32 Å². The van der Waals surface area contributed by atoms with Gasteiger partial charge < -0.3 is 15.2 Å². The van der Waals surface area contributed by atoms with Crippen LogP contribution < -0.4 is 10.1 Å². The van der Waals surface area contributed by atoms with E-state index >= 15 is 0 Å². The first-order chi connectivity index (χ1) is 7.65. The van der Waals surface area contributed by atoms with Crippen molar-refractivity contribution in [1.82, 2.24) is 5.32 Å². The van der Waals surface area contributed by atoms with Gasteiger partial charge in [-0.1, -0.05) is 12.1 Å². The van der Waals surface area contributed by atoms with Crippen LogP contribution in [0.2, 0.25) is 0 Å². The Balaban J connectivity index is 2.69. The van der Waals surface area contributed by atoms with Crippen LogP contribution >= 0.6 is 0 Å². The number of aromatic carboxylic acids is 1.